The fraction of sp³-hybridized carbons (Fsp3) is 0.292. The van der Waals surface area contributed by atoms with Gasteiger partial charge in [-0.3, -0.25) is 4.79 Å². The first-order chi connectivity index (χ1) is 15.4. The van der Waals surface area contributed by atoms with Crippen LogP contribution < -0.4 is 10.6 Å². The highest BCUT2D eigenvalue weighted by molar-refractivity contribution is 5.86. The summed E-state index contributed by atoms with van der Waals surface area (Å²) in [6.45, 7) is 3.24. The van der Waals surface area contributed by atoms with Gasteiger partial charge in [0.25, 0.3) is 0 Å². The first-order valence-corrected chi connectivity index (χ1v) is 10.3. The highest BCUT2D eigenvalue weighted by Crippen LogP contribution is 2.44. The molecule has 0 spiro atoms. The predicted octanol–water partition coefficient (Wildman–Crippen LogP) is 2.42. The zero-order valence-electron chi connectivity index (χ0n) is 17.5. The molecule has 0 heterocycles. The monoisotopic (exact) mass is 438 g/mol. The molecule has 8 heteroatoms. The predicted molar refractivity (Wildman–Crippen MR) is 118 cm³/mol. The van der Waals surface area contributed by atoms with Crippen LogP contribution in [0.15, 0.2) is 61.2 Å². The molecule has 1 unspecified atom stereocenters. The maximum absolute atomic E-state index is 12.5. The molecule has 2 atom stereocenters. The molecule has 0 fully saturated rings. The Hall–Kier alpha value is -3.65. The van der Waals surface area contributed by atoms with Gasteiger partial charge in [-0.15, -0.1) is 6.58 Å². The lowest BCUT2D eigenvalue weighted by Crippen LogP contribution is -2.49. The Labute approximate surface area is 185 Å². The van der Waals surface area contributed by atoms with Gasteiger partial charge in [0.1, 0.15) is 12.6 Å². The molecular formula is C24H26N2O6. The lowest BCUT2D eigenvalue weighted by atomic mass is 9.98. The van der Waals surface area contributed by atoms with Crippen molar-refractivity contribution < 1.29 is 29.3 Å². The van der Waals surface area contributed by atoms with Crippen molar-refractivity contribution in [1.82, 2.24) is 10.6 Å². The number of carbonyl (C=O) groups excluding carboxylic acids is 2. The van der Waals surface area contributed by atoms with Crippen molar-refractivity contribution in [2.45, 2.75) is 30.9 Å². The largest absolute Gasteiger partial charge is 0.479 e. The van der Waals surface area contributed by atoms with Crippen LogP contribution in [0.25, 0.3) is 11.1 Å². The number of rotatable bonds is 10. The minimum absolute atomic E-state index is 0.105. The average molecular weight is 438 g/mol. The average Bonchev–Trinajstić information content (AvgIpc) is 3.12. The maximum atomic E-state index is 12.5. The Morgan fingerprint density at radius 3 is 2.22 bits per heavy atom. The number of fused-ring (bicyclic) bond motifs is 3. The van der Waals surface area contributed by atoms with Crippen LogP contribution in [0.4, 0.5) is 4.79 Å². The number of amides is 2. The molecule has 1 aliphatic rings. The first kappa shape index (κ1) is 23.0. The molecular weight excluding hydrogens is 412 g/mol. The number of hydrogen-bond donors (Lipinski definition) is 4. The molecule has 32 heavy (non-hydrogen) atoms. The standard InChI is InChI=1S/C24H26N2O6/c1-2-3-12-20(22(28)25-13-21(27)23(29)30)26-24(31)32-14-19-17-10-6-4-8-15(17)16-9-5-7-11-18(16)19/h2,4-11,19-21,27H,1,3,12-14H2,(H,25,28)(H,26,31)(H,29,30)/t20?,21-/m0/s1. The smallest absolute Gasteiger partial charge is 0.407 e. The van der Waals surface area contributed by atoms with Gasteiger partial charge < -0.3 is 25.6 Å². The number of allylic oxidation sites excluding steroid dienone is 1. The number of aliphatic hydroxyl groups excluding tert-OH is 1. The second-order valence-electron chi connectivity index (χ2n) is 7.49. The third-order valence-corrected chi connectivity index (χ3v) is 5.37. The summed E-state index contributed by atoms with van der Waals surface area (Å²) >= 11 is 0. The van der Waals surface area contributed by atoms with Crippen molar-refractivity contribution in [3.8, 4) is 11.1 Å². The molecule has 3 rings (SSSR count). The molecule has 0 radical (unpaired) electrons. The number of aliphatic carboxylic acids is 1. The van der Waals surface area contributed by atoms with E-state index in [4.69, 9.17) is 9.84 Å². The van der Waals surface area contributed by atoms with E-state index in [0.29, 0.717) is 6.42 Å². The summed E-state index contributed by atoms with van der Waals surface area (Å²) in [6.07, 6.45) is -0.180. The summed E-state index contributed by atoms with van der Waals surface area (Å²) in [5.74, 6) is -2.17. The number of alkyl carbamates (subject to hydrolysis) is 1. The quantitative estimate of drug-likeness (QED) is 0.422. The number of nitrogens with one attached hydrogen (secondary N) is 2. The Morgan fingerprint density at radius 1 is 1.06 bits per heavy atom. The van der Waals surface area contributed by atoms with Gasteiger partial charge in [-0.05, 0) is 35.1 Å². The lowest BCUT2D eigenvalue weighted by Gasteiger charge is -2.20. The molecule has 0 aliphatic heterocycles. The number of carboxylic acids is 1. The minimum atomic E-state index is -1.73. The van der Waals surface area contributed by atoms with Crippen LogP contribution in [0.2, 0.25) is 0 Å². The molecule has 0 bridgehead atoms. The summed E-state index contributed by atoms with van der Waals surface area (Å²) < 4.78 is 5.46. The van der Waals surface area contributed by atoms with E-state index in [9.17, 15) is 19.5 Å². The van der Waals surface area contributed by atoms with Gasteiger partial charge in [-0.1, -0.05) is 54.6 Å². The van der Waals surface area contributed by atoms with Crippen LogP contribution in [-0.2, 0) is 14.3 Å². The van der Waals surface area contributed by atoms with Crippen LogP contribution >= 0.6 is 0 Å². The topological polar surface area (TPSA) is 125 Å². The summed E-state index contributed by atoms with van der Waals surface area (Å²) in [5, 5.41) is 22.9. The molecule has 4 N–H and O–H groups in total. The van der Waals surface area contributed by atoms with E-state index in [-0.39, 0.29) is 18.9 Å². The van der Waals surface area contributed by atoms with Gasteiger partial charge in [0, 0.05) is 5.92 Å². The van der Waals surface area contributed by atoms with Gasteiger partial charge in [-0.2, -0.15) is 0 Å². The van der Waals surface area contributed by atoms with Crippen molar-refractivity contribution in [3.63, 3.8) is 0 Å². The number of benzene rings is 2. The second-order valence-corrected chi connectivity index (χ2v) is 7.49. The molecule has 8 nitrogen and oxygen atoms in total. The molecule has 168 valence electrons. The summed E-state index contributed by atoms with van der Waals surface area (Å²) in [6, 6.07) is 15.0. The van der Waals surface area contributed by atoms with Crippen LogP contribution in [0.5, 0.6) is 0 Å². The first-order valence-electron chi connectivity index (χ1n) is 10.3. The van der Waals surface area contributed by atoms with E-state index >= 15 is 0 Å². The highest BCUT2D eigenvalue weighted by Gasteiger charge is 2.30. The van der Waals surface area contributed by atoms with Crippen molar-refractivity contribution in [2.75, 3.05) is 13.2 Å². The van der Waals surface area contributed by atoms with Crippen molar-refractivity contribution in [2.24, 2.45) is 0 Å². The Morgan fingerprint density at radius 2 is 1.66 bits per heavy atom. The van der Waals surface area contributed by atoms with Gasteiger partial charge in [0.2, 0.25) is 5.91 Å². The van der Waals surface area contributed by atoms with Crippen molar-refractivity contribution >= 4 is 18.0 Å². The minimum Gasteiger partial charge on any atom is -0.479 e. The van der Waals surface area contributed by atoms with Crippen LogP contribution in [0, 0.1) is 0 Å². The van der Waals surface area contributed by atoms with Crippen molar-refractivity contribution in [3.05, 3.63) is 72.3 Å². The number of hydrogen-bond acceptors (Lipinski definition) is 5. The lowest BCUT2D eigenvalue weighted by molar-refractivity contribution is -0.146. The van der Waals surface area contributed by atoms with E-state index in [1.165, 1.54) is 0 Å². The fourth-order valence-electron chi connectivity index (χ4n) is 3.74. The van der Waals surface area contributed by atoms with Gasteiger partial charge in [0.15, 0.2) is 6.10 Å². The molecule has 2 amide bonds. The maximum Gasteiger partial charge on any atom is 0.407 e. The second kappa shape index (κ2) is 10.6. The molecule has 2 aromatic carbocycles. The molecule has 0 aromatic heterocycles. The van der Waals surface area contributed by atoms with E-state index in [2.05, 4.69) is 17.2 Å². The SMILES string of the molecule is C=CCCC(NC(=O)OCC1c2ccccc2-c2ccccc21)C(=O)NC[C@H](O)C(=O)O. The highest BCUT2D eigenvalue weighted by atomic mass is 16.5. The number of aliphatic hydroxyl groups is 1. The molecule has 0 saturated carbocycles. The van der Waals surface area contributed by atoms with Crippen LogP contribution in [0.1, 0.15) is 29.9 Å². The molecule has 1 aliphatic carbocycles. The summed E-state index contributed by atoms with van der Waals surface area (Å²) in [5.41, 5.74) is 4.37. The van der Waals surface area contributed by atoms with Gasteiger partial charge in [0.05, 0.1) is 6.54 Å². The van der Waals surface area contributed by atoms with Crippen LogP contribution in [0.3, 0.4) is 0 Å². The number of carbonyl (C=O) groups is 3. The van der Waals surface area contributed by atoms with Gasteiger partial charge in [-0.25, -0.2) is 9.59 Å². The molecule has 0 saturated heterocycles. The summed E-state index contributed by atoms with van der Waals surface area (Å²) in [4.78, 5) is 35.6. The normalized spacial score (nSPS) is 13.9. The number of carboxylic acid groups (broad SMARTS) is 1. The molecule has 2 aromatic rings. The van der Waals surface area contributed by atoms with Crippen LogP contribution in [-0.4, -0.2) is 53.5 Å². The Kier molecular flexibility index (Phi) is 7.62. The zero-order chi connectivity index (χ0) is 23.1. The summed E-state index contributed by atoms with van der Waals surface area (Å²) in [7, 11) is 0. The third kappa shape index (κ3) is 5.33. The zero-order valence-corrected chi connectivity index (χ0v) is 17.5. The van der Waals surface area contributed by atoms with E-state index < -0.39 is 36.7 Å². The third-order valence-electron chi connectivity index (χ3n) is 5.37. The van der Waals surface area contributed by atoms with E-state index in [1.807, 2.05) is 48.5 Å². The van der Waals surface area contributed by atoms with E-state index in [0.717, 1.165) is 22.3 Å². The Balaban J connectivity index is 1.62. The number of ether oxygens (including phenoxy) is 1. The fourth-order valence-corrected chi connectivity index (χ4v) is 3.74. The Bertz CT molecular complexity index is 960. The van der Waals surface area contributed by atoms with Crippen molar-refractivity contribution in [1.29, 1.82) is 0 Å². The van der Waals surface area contributed by atoms with Gasteiger partial charge >= 0.3 is 12.1 Å². The van der Waals surface area contributed by atoms with E-state index in [1.54, 1.807) is 6.08 Å².